The lowest BCUT2D eigenvalue weighted by molar-refractivity contribution is 0.198. The Hall–Kier alpha value is -1.63. The van der Waals surface area contributed by atoms with E-state index in [1.54, 1.807) is 6.07 Å². The molecule has 4 heteroatoms. The van der Waals surface area contributed by atoms with Crippen molar-refractivity contribution in [3.8, 4) is 11.9 Å². The van der Waals surface area contributed by atoms with Crippen molar-refractivity contribution in [1.82, 2.24) is 10.2 Å². The quantitative estimate of drug-likeness (QED) is 0.710. The summed E-state index contributed by atoms with van der Waals surface area (Å²) in [4.78, 5) is 0. The van der Waals surface area contributed by atoms with Gasteiger partial charge < -0.3 is 4.74 Å². The summed E-state index contributed by atoms with van der Waals surface area (Å²) < 4.78 is 5.60. The Bertz CT molecular complexity index is 353. The predicted octanol–water partition coefficient (Wildman–Crippen LogP) is 1.67. The molecule has 1 heterocycles. The topological polar surface area (TPSA) is 58.8 Å². The number of ether oxygens (including phenoxy) is 1. The van der Waals surface area contributed by atoms with Crippen LogP contribution < -0.4 is 4.74 Å². The fraction of sp³-hybridized carbons (Fsp3) is 0.500. The zero-order valence-electron chi connectivity index (χ0n) is 7.81. The van der Waals surface area contributed by atoms with Crippen LogP contribution in [0.3, 0.4) is 0 Å². The van der Waals surface area contributed by atoms with Crippen LogP contribution >= 0.6 is 0 Å². The second-order valence-corrected chi connectivity index (χ2v) is 3.39. The standard InChI is InChI=1S/C10H11N3O/c11-7-8-5-6-12-13-10(8)14-9-3-1-2-4-9/h5-6,9H,1-4H2. The van der Waals surface area contributed by atoms with Gasteiger partial charge in [0.15, 0.2) is 0 Å². The molecule has 0 aromatic carbocycles. The molecule has 72 valence electrons. The number of rotatable bonds is 2. The maximum Gasteiger partial charge on any atom is 0.251 e. The second-order valence-electron chi connectivity index (χ2n) is 3.39. The van der Waals surface area contributed by atoms with Crippen molar-refractivity contribution in [3.63, 3.8) is 0 Å². The van der Waals surface area contributed by atoms with E-state index in [0.29, 0.717) is 11.4 Å². The smallest absolute Gasteiger partial charge is 0.251 e. The maximum absolute atomic E-state index is 8.79. The summed E-state index contributed by atoms with van der Waals surface area (Å²) in [5.41, 5.74) is 0.465. The Morgan fingerprint density at radius 3 is 2.93 bits per heavy atom. The van der Waals surface area contributed by atoms with Crippen molar-refractivity contribution in [2.75, 3.05) is 0 Å². The van der Waals surface area contributed by atoms with Crippen LogP contribution in [0.2, 0.25) is 0 Å². The molecule has 2 rings (SSSR count). The van der Waals surface area contributed by atoms with Gasteiger partial charge in [-0.1, -0.05) is 0 Å². The molecule has 1 aliphatic rings. The van der Waals surface area contributed by atoms with Gasteiger partial charge in [-0.05, 0) is 31.7 Å². The molecule has 1 saturated carbocycles. The van der Waals surface area contributed by atoms with Crippen molar-refractivity contribution in [1.29, 1.82) is 5.26 Å². The van der Waals surface area contributed by atoms with Gasteiger partial charge in [-0.2, -0.15) is 10.4 Å². The largest absolute Gasteiger partial charge is 0.472 e. The first-order valence-electron chi connectivity index (χ1n) is 4.78. The van der Waals surface area contributed by atoms with Gasteiger partial charge >= 0.3 is 0 Å². The van der Waals surface area contributed by atoms with Crippen molar-refractivity contribution in [2.45, 2.75) is 31.8 Å². The van der Waals surface area contributed by atoms with Crippen LogP contribution in [-0.4, -0.2) is 16.3 Å². The summed E-state index contributed by atoms with van der Waals surface area (Å²) in [5, 5.41) is 16.3. The molecule has 0 bridgehead atoms. The zero-order chi connectivity index (χ0) is 9.80. The SMILES string of the molecule is N#Cc1ccnnc1OC1CCCC1. The summed E-state index contributed by atoms with van der Waals surface area (Å²) in [6.07, 6.45) is 6.24. The first-order chi connectivity index (χ1) is 6.90. The molecule has 14 heavy (non-hydrogen) atoms. The van der Waals surface area contributed by atoms with E-state index >= 15 is 0 Å². The van der Waals surface area contributed by atoms with Gasteiger partial charge in [0.05, 0.1) is 6.20 Å². The van der Waals surface area contributed by atoms with Crippen LogP contribution in [0.15, 0.2) is 12.3 Å². The first kappa shape index (κ1) is 8.95. The third kappa shape index (κ3) is 1.82. The van der Waals surface area contributed by atoms with Crippen molar-refractivity contribution in [2.24, 2.45) is 0 Å². The van der Waals surface area contributed by atoms with Crippen molar-refractivity contribution < 1.29 is 4.74 Å². The molecule has 0 unspecified atom stereocenters. The Kier molecular flexibility index (Phi) is 2.59. The van der Waals surface area contributed by atoms with Crippen LogP contribution in [0.4, 0.5) is 0 Å². The monoisotopic (exact) mass is 189 g/mol. The summed E-state index contributed by atoms with van der Waals surface area (Å²) in [7, 11) is 0. The second kappa shape index (κ2) is 4.05. The van der Waals surface area contributed by atoms with Gasteiger partial charge in [-0.15, -0.1) is 5.10 Å². The number of nitrogens with zero attached hydrogens (tertiary/aromatic N) is 3. The van der Waals surface area contributed by atoms with Gasteiger partial charge in [0.25, 0.3) is 5.88 Å². The molecular formula is C10H11N3O. The molecule has 0 aliphatic heterocycles. The Balaban J connectivity index is 2.11. The Labute approximate surface area is 82.5 Å². The van der Waals surface area contributed by atoms with E-state index in [2.05, 4.69) is 10.2 Å². The van der Waals surface area contributed by atoms with Gasteiger partial charge in [-0.25, -0.2) is 0 Å². The highest BCUT2D eigenvalue weighted by atomic mass is 16.5. The molecule has 0 N–H and O–H groups in total. The van der Waals surface area contributed by atoms with Gasteiger partial charge in [0.2, 0.25) is 0 Å². The van der Waals surface area contributed by atoms with Crippen LogP contribution in [0.5, 0.6) is 5.88 Å². The summed E-state index contributed by atoms with van der Waals surface area (Å²) in [6, 6.07) is 3.66. The first-order valence-corrected chi connectivity index (χ1v) is 4.78. The van der Waals surface area contributed by atoms with E-state index in [-0.39, 0.29) is 6.10 Å². The number of nitriles is 1. The fourth-order valence-corrected chi connectivity index (χ4v) is 1.66. The molecular weight excluding hydrogens is 178 g/mol. The molecule has 1 fully saturated rings. The average molecular weight is 189 g/mol. The summed E-state index contributed by atoms with van der Waals surface area (Å²) >= 11 is 0. The minimum atomic E-state index is 0.221. The predicted molar refractivity (Wildman–Crippen MR) is 49.6 cm³/mol. The lowest BCUT2D eigenvalue weighted by atomic mass is 10.3. The van der Waals surface area contributed by atoms with Gasteiger partial charge in [-0.3, -0.25) is 0 Å². The van der Waals surface area contributed by atoms with Crippen molar-refractivity contribution >= 4 is 0 Å². The van der Waals surface area contributed by atoms with E-state index in [1.165, 1.54) is 19.0 Å². The molecule has 1 aromatic heterocycles. The molecule has 1 aliphatic carbocycles. The van der Waals surface area contributed by atoms with E-state index in [0.717, 1.165) is 12.8 Å². The normalized spacial score (nSPS) is 16.5. The minimum Gasteiger partial charge on any atom is -0.472 e. The highest BCUT2D eigenvalue weighted by Crippen LogP contribution is 2.23. The highest BCUT2D eigenvalue weighted by Gasteiger charge is 2.18. The van der Waals surface area contributed by atoms with Crippen LogP contribution in [0.1, 0.15) is 31.2 Å². The van der Waals surface area contributed by atoms with E-state index in [1.807, 2.05) is 6.07 Å². The third-order valence-corrected chi connectivity index (χ3v) is 2.39. The molecule has 0 spiro atoms. The minimum absolute atomic E-state index is 0.221. The molecule has 1 aromatic rings. The highest BCUT2D eigenvalue weighted by molar-refractivity contribution is 5.35. The van der Waals surface area contributed by atoms with E-state index in [4.69, 9.17) is 10.00 Å². The maximum atomic E-state index is 8.79. The van der Waals surface area contributed by atoms with Gasteiger partial charge in [0, 0.05) is 0 Å². The number of hydrogen-bond donors (Lipinski definition) is 0. The van der Waals surface area contributed by atoms with Crippen LogP contribution in [0.25, 0.3) is 0 Å². The fourth-order valence-electron chi connectivity index (χ4n) is 1.66. The van der Waals surface area contributed by atoms with Crippen LogP contribution in [0, 0.1) is 11.3 Å². The lowest BCUT2D eigenvalue weighted by Gasteiger charge is -2.11. The number of hydrogen-bond acceptors (Lipinski definition) is 4. The van der Waals surface area contributed by atoms with Crippen LogP contribution in [-0.2, 0) is 0 Å². The molecule has 0 atom stereocenters. The third-order valence-electron chi connectivity index (χ3n) is 2.39. The number of aromatic nitrogens is 2. The zero-order valence-corrected chi connectivity index (χ0v) is 7.81. The average Bonchev–Trinajstić information content (AvgIpc) is 2.71. The van der Waals surface area contributed by atoms with E-state index < -0.39 is 0 Å². The summed E-state index contributed by atoms with van der Waals surface area (Å²) in [6.45, 7) is 0. The molecule has 0 radical (unpaired) electrons. The molecule has 0 saturated heterocycles. The summed E-state index contributed by atoms with van der Waals surface area (Å²) in [5.74, 6) is 0.377. The van der Waals surface area contributed by atoms with Crippen molar-refractivity contribution in [3.05, 3.63) is 17.8 Å². The Morgan fingerprint density at radius 2 is 2.21 bits per heavy atom. The van der Waals surface area contributed by atoms with E-state index in [9.17, 15) is 0 Å². The molecule has 4 nitrogen and oxygen atoms in total. The van der Waals surface area contributed by atoms with Gasteiger partial charge in [0.1, 0.15) is 17.7 Å². The lowest BCUT2D eigenvalue weighted by Crippen LogP contribution is -2.13. The Morgan fingerprint density at radius 1 is 1.43 bits per heavy atom. The molecule has 0 amide bonds.